The lowest BCUT2D eigenvalue weighted by molar-refractivity contribution is -0.129. The van der Waals surface area contributed by atoms with E-state index in [2.05, 4.69) is 64.0 Å². The number of rotatable bonds is 6. The summed E-state index contributed by atoms with van der Waals surface area (Å²) in [6.45, 7) is 4.65. The summed E-state index contributed by atoms with van der Waals surface area (Å²) >= 11 is 10.7. The number of benzene rings is 3. The third kappa shape index (κ3) is 5.78. The lowest BCUT2D eigenvalue weighted by Crippen LogP contribution is -2.05. The lowest BCUT2D eigenvalue weighted by atomic mass is 10.0. The van der Waals surface area contributed by atoms with Crippen LogP contribution >= 0.6 is 56.8 Å². The molecule has 0 unspecified atom stereocenters. The van der Waals surface area contributed by atoms with Gasteiger partial charge in [-0.3, -0.25) is 0 Å². The second-order valence-electron chi connectivity index (χ2n) is 7.81. The smallest absolute Gasteiger partial charge is 0.363 e. The molecular weight excluding hydrogens is 664 g/mol. The van der Waals surface area contributed by atoms with Crippen LogP contribution in [0.4, 0.5) is 0 Å². The van der Waals surface area contributed by atoms with Crippen molar-refractivity contribution in [3.8, 4) is 5.75 Å². The molecule has 0 atom stereocenters. The topological polar surface area (TPSA) is 47.9 Å². The maximum Gasteiger partial charge on any atom is 0.363 e. The van der Waals surface area contributed by atoms with Crippen LogP contribution in [-0.2, 0) is 16.1 Å². The maximum absolute atomic E-state index is 12.4. The molecule has 0 N–H and O–H groups in total. The van der Waals surface area contributed by atoms with Gasteiger partial charge in [-0.25, -0.2) is 9.79 Å². The molecule has 4 nitrogen and oxygen atoms in total. The highest BCUT2D eigenvalue weighted by molar-refractivity contribution is 14.1. The van der Waals surface area contributed by atoms with E-state index >= 15 is 0 Å². The number of hydrogen-bond acceptors (Lipinski definition) is 4. The molecule has 1 aliphatic rings. The average molecular weight is 684 g/mol. The molecule has 0 aromatic heterocycles. The number of esters is 1. The van der Waals surface area contributed by atoms with Crippen molar-refractivity contribution in [1.82, 2.24) is 0 Å². The predicted molar refractivity (Wildman–Crippen MR) is 149 cm³/mol. The Labute approximate surface area is 225 Å². The summed E-state index contributed by atoms with van der Waals surface area (Å²) in [6.07, 6.45) is 1.74. The minimum atomic E-state index is -0.456. The molecule has 0 spiro atoms. The summed E-state index contributed by atoms with van der Waals surface area (Å²) < 4.78 is 13.3. The summed E-state index contributed by atoms with van der Waals surface area (Å²) in [7, 11) is 0. The number of nitrogens with zero attached hydrogens (tertiary/aromatic N) is 1. The third-order valence-corrected chi connectivity index (χ3v) is 7.07. The minimum Gasteiger partial charge on any atom is -0.487 e. The molecule has 4 rings (SSSR count). The molecule has 7 heteroatoms. The number of hydrogen-bond donors (Lipinski definition) is 0. The summed E-state index contributed by atoms with van der Waals surface area (Å²) in [5.74, 6) is 1.08. The minimum absolute atomic E-state index is 0.272. The Bertz CT molecular complexity index is 1240. The van der Waals surface area contributed by atoms with Gasteiger partial charge in [0.2, 0.25) is 5.90 Å². The molecule has 0 bridgehead atoms. The van der Waals surface area contributed by atoms with Crippen molar-refractivity contribution in [2.45, 2.75) is 26.4 Å². The van der Waals surface area contributed by atoms with Crippen LogP contribution in [0, 0.1) is 7.14 Å². The van der Waals surface area contributed by atoms with E-state index in [0.717, 1.165) is 29.6 Å². The maximum atomic E-state index is 12.4. The van der Waals surface area contributed by atoms with E-state index in [0.29, 0.717) is 23.4 Å². The van der Waals surface area contributed by atoms with Crippen LogP contribution in [0.15, 0.2) is 71.4 Å². The highest BCUT2D eigenvalue weighted by Gasteiger charge is 2.24. The monoisotopic (exact) mass is 683 g/mol. The highest BCUT2D eigenvalue weighted by Crippen LogP contribution is 2.32. The zero-order valence-corrected chi connectivity index (χ0v) is 23.0. The van der Waals surface area contributed by atoms with E-state index in [1.165, 1.54) is 5.56 Å². The molecule has 168 valence electrons. The molecule has 3 aromatic carbocycles. The second kappa shape index (κ2) is 10.6. The first-order valence-electron chi connectivity index (χ1n) is 10.3. The van der Waals surface area contributed by atoms with Crippen molar-refractivity contribution in [1.29, 1.82) is 0 Å². The zero-order valence-electron chi connectivity index (χ0n) is 17.9. The molecule has 3 aromatic rings. The Balaban J connectivity index is 1.54. The first-order chi connectivity index (χ1) is 15.8. The quantitative estimate of drug-likeness (QED) is 0.153. The fraction of sp³-hybridized carbons (Fsp3) is 0.154. The van der Waals surface area contributed by atoms with Gasteiger partial charge in [0.25, 0.3) is 0 Å². The third-order valence-electron chi connectivity index (χ3n) is 5.10. The van der Waals surface area contributed by atoms with Crippen LogP contribution < -0.4 is 4.74 Å². The molecule has 1 heterocycles. The Morgan fingerprint density at radius 2 is 1.73 bits per heavy atom. The standard InChI is InChI=1S/C26H20ClI2NO3/c1-15(2)17-7-9-18(10-8-17)25-30-23(26(31)33-25)13-16-11-21(28)24(22(29)12-16)32-14-19-5-3-4-6-20(19)27/h3-13,15H,14H2,1-2H3/b23-13+. The van der Waals surface area contributed by atoms with Crippen LogP contribution in [0.1, 0.15) is 42.0 Å². The van der Waals surface area contributed by atoms with Crippen molar-refractivity contribution in [2.24, 2.45) is 4.99 Å². The van der Waals surface area contributed by atoms with E-state index in [-0.39, 0.29) is 5.70 Å². The van der Waals surface area contributed by atoms with Crippen LogP contribution in [0.5, 0.6) is 5.75 Å². The largest absolute Gasteiger partial charge is 0.487 e. The summed E-state index contributed by atoms with van der Waals surface area (Å²) in [5.41, 5.74) is 4.05. The Kier molecular flexibility index (Phi) is 7.76. The van der Waals surface area contributed by atoms with E-state index in [1.54, 1.807) is 6.08 Å². The molecule has 0 fully saturated rings. The molecule has 33 heavy (non-hydrogen) atoms. The molecular formula is C26H20ClI2NO3. The molecule has 0 radical (unpaired) electrons. The normalized spacial score (nSPS) is 14.5. The number of ether oxygens (including phenoxy) is 2. The molecule has 0 saturated heterocycles. The second-order valence-corrected chi connectivity index (χ2v) is 10.5. The van der Waals surface area contributed by atoms with Gasteiger partial charge in [0.1, 0.15) is 12.4 Å². The van der Waals surface area contributed by atoms with Gasteiger partial charge in [-0.1, -0.05) is 55.8 Å². The number of aliphatic imine (C=N–C) groups is 1. The van der Waals surface area contributed by atoms with Gasteiger partial charge >= 0.3 is 5.97 Å². The molecule has 0 saturated carbocycles. The lowest BCUT2D eigenvalue weighted by Gasteiger charge is -2.12. The van der Waals surface area contributed by atoms with Crippen molar-refractivity contribution < 1.29 is 14.3 Å². The van der Waals surface area contributed by atoms with Crippen molar-refractivity contribution in [2.75, 3.05) is 0 Å². The number of cyclic esters (lactones) is 1. The van der Waals surface area contributed by atoms with Gasteiger partial charge < -0.3 is 9.47 Å². The van der Waals surface area contributed by atoms with Crippen molar-refractivity contribution in [3.05, 3.63) is 101 Å². The SMILES string of the molecule is CC(C)c1ccc(C2=N/C(=C/c3cc(I)c(OCc4ccccc4Cl)c(I)c3)C(=O)O2)cc1. The number of carbonyl (C=O) groups is 1. The Morgan fingerprint density at radius 1 is 1.06 bits per heavy atom. The average Bonchev–Trinajstić information content (AvgIpc) is 3.14. The van der Waals surface area contributed by atoms with E-state index in [4.69, 9.17) is 21.1 Å². The van der Waals surface area contributed by atoms with Gasteiger partial charge in [0, 0.05) is 16.1 Å². The summed E-state index contributed by atoms with van der Waals surface area (Å²) in [5, 5.41) is 0.677. The van der Waals surface area contributed by atoms with Gasteiger partial charge in [0.15, 0.2) is 5.70 Å². The van der Waals surface area contributed by atoms with Gasteiger partial charge in [-0.2, -0.15) is 0 Å². The first-order valence-corrected chi connectivity index (χ1v) is 12.8. The first kappa shape index (κ1) is 24.2. The van der Waals surface area contributed by atoms with Crippen molar-refractivity contribution >= 4 is 74.7 Å². The van der Waals surface area contributed by atoms with Crippen LogP contribution in [0.25, 0.3) is 6.08 Å². The van der Waals surface area contributed by atoms with Crippen LogP contribution in [0.3, 0.4) is 0 Å². The Hall–Kier alpha value is -1.91. The Morgan fingerprint density at radius 3 is 2.36 bits per heavy atom. The fourth-order valence-corrected chi connectivity index (χ4v) is 5.59. The molecule has 0 amide bonds. The van der Waals surface area contributed by atoms with Crippen LogP contribution in [-0.4, -0.2) is 11.9 Å². The number of carbonyl (C=O) groups excluding carboxylic acids is 1. The number of halogens is 3. The summed E-state index contributed by atoms with van der Waals surface area (Å²) in [6, 6.07) is 19.5. The highest BCUT2D eigenvalue weighted by atomic mass is 127. The van der Waals surface area contributed by atoms with E-state index < -0.39 is 5.97 Å². The van der Waals surface area contributed by atoms with E-state index in [9.17, 15) is 4.79 Å². The molecule has 1 aliphatic heterocycles. The van der Waals surface area contributed by atoms with Crippen molar-refractivity contribution in [3.63, 3.8) is 0 Å². The zero-order chi connectivity index (χ0) is 23.5. The van der Waals surface area contributed by atoms with E-state index in [1.807, 2.05) is 60.7 Å². The molecule has 0 aliphatic carbocycles. The van der Waals surface area contributed by atoms with Gasteiger partial charge in [0.05, 0.1) is 7.14 Å². The van der Waals surface area contributed by atoms with Gasteiger partial charge in [-0.15, -0.1) is 0 Å². The van der Waals surface area contributed by atoms with Crippen LogP contribution in [0.2, 0.25) is 5.02 Å². The van der Waals surface area contributed by atoms with Gasteiger partial charge in [-0.05, 0) is 98.6 Å². The fourth-order valence-electron chi connectivity index (χ4n) is 3.27. The summed E-state index contributed by atoms with van der Waals surface area (Å²) in [4.78, 5) is 16.9. The predicted octanol–water partition coefficient (Wildman–Crippen LogP) is 7.60.